The number of aliphatic carboxylic acids is 2. The zero-order valence-corrected chi connectivity index (χ0v) is 8.48. The lowest BCUT2D eigenvalue weighted by molar-refractivity contribution is -0.146. The van der Waals surface area contributed by atoms with Crippen LogP contribution in [0.25, 0.3) is 0 Å². The summed E-state index contributed by atoms with van der Waals surface area (Å²) in [6.45, 7) is 0. The van der Waals surface area contributed by atoms with E-state index in [1.54, 1.807) is 0 Å². The van der Waals surface area contributed by atoms with Gasteiger partial charge in [0.25, 0.3) is 0 Å². The highest BCUT2D eigenvalue weighted by Crippen LogP contribution is 1.95. The van der Waals surface area contributed by atoms with Crippen molar-refractivity contribution in [3.05, 3.63) is 0 Å². The van der Waals surface area contributed by atoms with Crippen molar-refractivity contribution in [3.8, 4) is 0 Å². The summed E-state index contributed by atoms with van der Waals surface area (Å²) in [5.41, 5.74) is 0. The molecule has 0 aromatic rings. The third-order valence-electron chi connectivity index (χ3n) is 1.47. The number of carboxylic acid groups (broad SMARTS) is 2. The molecule has 0 aromatic carbocycles. The number of thiol groups is 1. The molecule has 1 amide bonds. The zero-order chi connectivity index (χ0) is 12.0. The van der Waals surface area contributed by atoms with Crippen LogP contribution in [-0.2, 0) is 14.4 Å². The smallest absolute Gasteiger partial charge is 0.327 e. The zero-order valence-electron chi connectivity index (χ0n) is 7.58. The van der Waals surface area contributed by atoms with Gasteiger partial charge in [-0.1, -0.05) is 0 Å². The highest BCUT2D eigenvalue weighted by Gasteiger charge is 2.24. The first-order chi connectivity index (χ1) is 6.88. The maximum atomic E-state index is 11.0. The van der Waals surface area contributed by atoms with Gasteiger partial charge in [-0.15, -0.1) is 0 Å². The minimum absolute atomic E-state index is 0.152. The van der Waals surface area contributed by atoms with Crippen LogP contribution >= 0.6 is 12.6 Å². The summed E-state index contributed by atoms with van der Waals surface area (Å²) in [5, 5.41) is 27.7. The van der Waals surface area contributed by atoms with Gasteiger partial charge in [-0.2, -0.15) is 12.6 Å². The Hall–Kier alpha value is -1.28. The fraction of sp³-hybridized carbons (Fsp3) is 0.571. The summed E-state index contributed by atoms with van der Waals surface area (Å²) >= 11 is 3.67. The molecule has 0 heterocycles. The summed E-state index contributed by atoms with van der Waals surface area (Å²) in [4.78, 5) is 31.6. The Morgan fingerprint density at radius 2 is 1.80 bits per heavy atom. The Balaban J connectivity index is 4.21. The lowest BCUT2D eigenvalue weighted by Gasteiger charge is -2.14. The summed E-state index contributed by atoms with van der Waals surface area (Å²) in [6, 6.07) is -1.25. The van der Waals surface area contributed by atoms with Crippen molar-refractivity contribution in [2.45, 2.75) is 18.6 Å². The van der Waals surface area contributed by atoms with Crippen LogP contribution in [0.5, 0.6) is 0 Å². The van der Waals surface area contributed by atoms with E-state index in [9.17, 15) is 14.4 Å². The van der Waals surface area contributed by atoms with Gasteiger partial charge < -0.3 is 20.6 Å². The molecule has 0 saturated heterocycles. The average Bonchev–Trinajstić information content (AvgIpc) is 2.11. The van der Waals surface area contributed by atoms with Gasteiger partial charge >= 0.3 is 11.9 Å². The molecule has 0 aliphatic rings. The van der Waals surface area contributed by atoms with E-state index in [4.69, 9.17) is 15.3 Å². The molecule has 0 aliphatic heterocycles. The van der Waals surface area contributed by atoms with E-state index in [2.05, 4.69) is 12.6 Å². The number of aliphatic hydroxyl groups excluding tert-OH is 1. The standard InChI is InChI=1S/C7H11NO6S/c9-4(1-5(10)11)6(12)8-3(2-15)7(13)14/h3-4,9,15H,1-2H2,(H,8,12)(H,10,11)(H,13,14)/t3-,4?/m0/s1. The number of nitrogens with one attached hydrogen (secondary N) is 1. The Morgan fingerprint density at radius 1 is 1.27 bits per heavy atom. The minimum Gasteiger partial charge on any atom is -0.481 e. The van der Waals surface area contributed by atoms with Crippen LogP contribution in [0, 0.1) is 0 Å². The molecule has 4 N–H and O–H groups in total. The third-order valence-corrected chi connectivity index (χ3v) is 1.83. The van der Waals surface area contributed by atoms with Gasteiger partial charge in [0.2, 0.25) is 5.91 Å². The van der Waals surface area contributed by atoms with Crippen molar-refractivity contribution in [2.24, 2.45) is 0 Å². The molecule has 7 nitrogen and oxygen atoms in total. The van der Waals surface area contributed by atoms with E-state index in [-0.39, 0.29) is 5.75 Å². The number of rotatable bonds is 6. The van der Waals surface area contributed by atoms with Gasteiger partial charge in [0.15, 0.2) is 0 Å². The number of hydrogen-bond donors (Lipinski definition) is 5. The SMILES string of the molecule is O=C(O)CC(O)C(=O)N[C@@H](CS)C(=O)O. The van der Waals surface area contributed by atoms with Crippen LogP contribution < -0.4 is 5.32 Å². The number of carboxylic acids is 2. The van der Waals surface area contributed by atoms with Gasteiger partial charge in [-0.05, 0) is 0 Å². The molecule has 0 bridgehead atoms. The molecule has 0 spiro atoms. The topological polar surface area (TPSA) is 124 Å². The lowest BCUT2D eigenvalue weighted by atomic mass is 10.2. The molecule has 0 radical (unpaired) electrons. The van der Waals surface area contributed by atoms with E-state index in [0.29, 0.717) is 0 Å². The Morgan fingerprint density at radius 3 is 2.13 bits per heavy atom. The maximum Gasteiger partial charge on any atom is 0.327 e. The molecule has 2 atom stereocenters. The Bertz CT molecular complexity index is 268. The first kappa shape index (κ1) is 13.7. The van der Waals surface area contributed by atoms with Crippen LogP contribution in [0.3, 0.4) is 0 Å². The maximum absolute atomic E-state index is 11.0. The van der Waals surface area contributed by atoms with Gasteiger partial charge in [0.05, 0.1) is 6.42 Å². The molecule has 0 rings (SSSR count). The molecule has 1 unspecified atom stereocenters. The van der Waals surface area contributed by atoms with Crippen LogP contribution in [-0.4, -0.2) is 51.1 Å². The van der Waals surface area contributed by atoms with E-state index in [0.717, 1.165) is 0 Å². The van der Waals surface area contributed by atoms with Gasteiger partial charge in [0, 0.05) is 5.75 Å². The second-order valence-electron chi connectivity index (χ2n) is 2.70. The average molecular weight is 237 g/mol. The van der Waals surface area contributed by atoms with Gasteiger partial charge in [0.1, 0.15) is 12.1 Å². The third kappa shape index (κ3) is 5.23. The van der Waals surface area contributed by atoms with Crippen molar-refractivity contribution in [3.63, 3.8) is 0 Å². The molecular weight excluding hydrogens is 226 g/mol. The van der Waals surface area contributed by atoms with E-state index >= 15 is 0 Å². The molecule has 0 saturated carbocycles. The van der Waals surface area contributed by atoms with Crippen molar-refractivity contribution < 1.29 is 29.7 Å². The predicted octanol–water partition coefficient (Wildman–Crippen LogP) is -1.68. The molecular formula is C7H11NO6S. The number of carbonyl (C=O) groups excluding carboxylic acids is 1. The summed E-state index contributed by atoms with van der Waals surface area (Å²) in [7, 11) is 0. The highest BCUT2D eigenvalue weighted by atomic mass is 32.1. The van der Waals surface area contributed by atoms with Crippen LogP contribution in [0.2, 0.25) is 0 Å². The fourth-order valence-corrected chi connectivity index (χ4v) is 0.959. The number of hydrogen-bond acceptors (Lipinski definition) is 5. The van der Waals surface area contributed by atoms with Crippen molar-refractivity contribution in [2.75, 3.05) is 5.75 Å². The van der Waals surface area contributed by atoms with E-state index < -0.39 is 36.4 Å². The summed E-state index contributed by atoms with van der Waals surface area (Å²) < 4.78 is 0. The van der Waals surface area contributed by atoms with E-state index in [1.165, 1.54) is 0 Å². The van der Waals surface area contributed by atoms with E-state index in [1.807, 2.05) is 5.32 Å². The molecule has 86 valence electrons. The number of aliphatic hydroxyl groups is 1. The van der Waals surface area contributed by atoms with Crippen molar-refractivity contribution >= 4 is 30.5 Å². The van der Waals surface area contributed by atoms with Crippen LogP contribution in [0.15, 0.2) is 0 Å². The molecule has 15 heavy (non-hydrogen) atoms. The minimum atomic E-state index is -1.76. The monoisotopic (exact) mass is 237 g/mol. The fourth-order valence-electron chi connectivity index (χ4n) is 0.711. The summed E-state index contributed by atoms with van der Waals surface area (Å²) in [6.07, 6.45) is -2.53. The highest BCUT2D eigenvalue weighted by molar-refractivity contribution is 7.80. The lowest BCUT2D eigenvalue weighted by Crippen LogP contribution is -2.47. The first-order valence-electron chi connectivity index (χ1n) is 3.92. The van der Waals surface area contributed by atoms with Gasteiger partial charge in [-0.25, -0.2) is 4.79 Å². The predicted molar refractivity (Wildman–Crippen MR) is 51.7 cm³/mol. The second-order valence-corrected chi connectivity index (χ2v) is 3.06. The Labute approximate surface area is 90.5 Å². The Kier molecular flexibility index (Phi) is 5.72. The first-order valence-corrected chi connectivity index (χ1v) is 4.55. The summed E-state index contributed by atoms with van der Waals surface area (Å²) in [5.74, 6) is -3.85. The molecule has 0 aliphatic carbocycles. The van der Waals surface area contributed by atoms with Crippen molar-refractivity contribution in [1.29, 1.82) is 0 Å². The largest absolute Gasteiger partial charge is 0.481 e. The van der Waals surface area contributed by atoms with Crippen molar-refractivity contribution in [1.82, 2.24) is 5.32 Å². The quantitative estimate of drug-likeness (QED) is 0.351. The van der Waals surface area contributed by atoms with Gasteiger partial charge in [-0.3, -0.25) is 9.59 Å². The van der Waals surface area contributed by atoms with Crippen LogP contribution in [0.1, 0.15) is 6.42 Å². The molecule has 0 fully saturated rings. The number of amides is 1. The normalized spacial score (nSPS) is 14.0. The number of carbonyl (C=O) groups is 3. The molecule has 8 heteroatoms. The van der Waals surface area contributed by atoms with Crippen LogP contribution in [0.4, 0.5) is 0 Å². The molecule has 0 aromatic heterocycles. The second kappa shape index (κ2) is 6.25.